The number of nitrogen functional groups attached to an aromatic ring is 2. The summed E-state index contributed by atoms with van der Waals surface area (Å²) in [5.41, 5.74) is 15.5. The highest BCUT2D eigenvalue weighted by Crippen LogP contribution is 2.11. The molecule has 0 spiro atoms. The fourth-order valence-corrected chi connectivity index (χ4v) is 0.666. The quantitative estimate of drug-likeness (QED) is 0.465. The molecule has 6 heteroatoms. The van der Waals surface area contributed by atoms with E-state index in [1.165, 1.54) is 0 Å². The van der Waals surface area contributed by atoms with Crippen molar-refractivity contribution in [1.29, 1.82) is 0 Å². The van der Waals surface area contributed by atoms with Crippen LogP contribution in [-0.2, 0) is 0 Å². The number of anilines is 2. The van der Waals surface area contributed by atoms with Crippen molar-refractivity contribution >= 4 is 17.5 Å². The zero-order valence-electron chi connectivity index (χ0n) is 5.61. The molecule has 0 fully saturated rings. The number of nitrogens with zero attached hydrogens (tertiary/aromatic N) is 2. The van der Waals surface area contributed by atoms with Crippen LogP contribution in [0.15, 0.2) is 6.33 Å². The summed E-state index contributed by atoms with van der Waals surface area (Å²) in [6, 6.07) is 0. The maximum Gasteiger partial charge on any atom is 0.256 e. The van der Waals surface area contributed by atoms with E-state index in [-0.39, 0.29) is 17.2 Å². The van der Waals surface area contributed by atoms with E-state index in [1.54, 1.807) is 0 Å². The average molecular weight is 153 g/mol. The molecule has 0 saturated carbocycles. The molecule has 6 nitrogen and oxygen atoms in total. The van der Waals surface area contributed by atoms with E-state index in [9.17, 15) is 4.79 Å². The summed E-state index contributed by atoms with van der Waals surface area (Å²) in [6.45, 7) is 0. The lowest BCUT2D eigenvalue weighted by Crippen LogP contribution is -2.17. The summed E-state index contributed by atoms with van der Waals surface area (Å²) in [4.78, 5) is 17.7. The van der Waals surface area contributed by atoms with Gasteiger partial charge in [0.25, 0.3) is 5.91 Å². The smallest absolute Gasteiger partial charge is 0.256 e. The number of hydrogen-bond donors (Lipinski definition) is 3. The molecule has 0 aliphatic rings. The first-order valence-corrected chi connectivity index (χ1v) is 2.78. The van der Waals surface area contributed by atoms with Crippen LogP contribution in [0.2, 0.25) is 0 Å². The van der Waals surface area contributed by atoms with Crippen LogP contribution in [0.3, 0.4) is 0 Å². The number of amides is 1. The normalized spacial score (nSPS) is 9.45. The van der Waals surface area contributed by atoms with Crippen LogP contribution in [0.5, 0.6) is 0 Å². The standard InChI is InChI=1S/C5H7N5O/c6-3-2(5(8)11)4(7)10-1-9-3/h1H,(H2,8,11)(H4,6,7,9,10). The number of hydrogen-bond acceptors (Lipinski definition) is 5. The van der Waals surface area contributed by atoms with Gasteiger partial charge < -0.3 is 17.2 Å². The molecule has 1 heterocycles. The van der Waals surface area contributed by atoms with E-state index in [4.69, 9.17) is 17.2 Å². The second-order valence-corrected chi connectivity index (χ2v) is 1.88. The third kappa shape index (κ3) is 1.18. The van der Waals surface area contributed by atoms with Gasteiger partial charge in [-0.05, 0) is 0 Å². The van der Waals surface area contributed by atoms with E-state index in [0.717, 1.165) is 6.33 Å². The molecule has 0 atom stereocenters. The molecule has 0 radical (unpaired) electrons. The van der Waals surface area contributed by atoms with Crippen LogP contribution in [0, 0.1) is 0 Å². The summed E-state index contributed by atoms with van der Waals surface area (Å²) in [7, 11) is 0. The van der Waals surface area contributed by atoms with Gasteiger partial charge in [-0.1, -0.05) is 0 Å². The molecule has 11 heavy (non-hydrogen) atoms. The Morgan fingerprint density at radius 2 is 1.73 bits per heavy atom. The Hall–Kier alpha value is -1.85. The largest absolute Gasteiger partial charge is 0.383 e. The van der Waals surface area contributed by atoms with Gasteiger partial charge in [0.1, 0.15) is 23.5 Å². The monoisotopic (exact) mass is 153 g/mol. The maximum atomic E-state index is 10.6. The fraction of sp³-hybridized carbons (Fsp3) is 0. The minimum Gasteiger partial charge on any atom is -0.383 e. The zero-order valence-corrected chi connectivity index (χ0v) is 5.61. The summed E-state index contributed by atoms with van der Waals surface area (Å²) in [5.74, 6) is -0.712. The Morgan fingerprint density at radius 1 is 1.27 bits per heavy atom. The lowest BCUT2D eigenvalue weighted by molar-refractivity contribution is 0.100. The van der Waals surface area contributed by atoms with E-state index in [2.05, 4.69) is 9.97 Å². The Labute approximate surface area is 62.4 Å². The van der Waals surface area contributed by atoms with Crippen LogP contribution in [-0.4, -0.2) is 15.9 Å². The highest BCUT2D eigenvalue weighted by molar-refractivity contribution is 6.01. The summed E-state index contributed by atoms with van der Waals surface area (Å²) in [6.07, 6.45) is 1.16. The van der Waals surface area contributed by atoms with Gasteiger partial charge in [-0.3, -0.25) is 4.79 Å². The molecule has 0 unspecified atom stereocenters. The van der Waals surface area contributed by atoms with Gasteiger partial charge in [-0.25, -0.2) is 9.97 Å². The minimum absolute atomic E-state index is 0.00463. The predicted octanol–water partition coefficient (Wildman–Crippen LogP) is -1.26. The number of aromatic nitrogens is 2. The van der Waals surface area contributed by atoms with Gasteiger partial charge in [0.2, 0.25) is 0 Å². The van der Waals surface area contributed by atoms with Crippen molar-refractivity contribution in [3.05, 3.63) is 11.9 Å². The van der Waals surface area contributed by atoms with Crippen molar-refractivity contribution in [3.8, 4) is 0 Å². The Kier molecular flexibility index (Phi) is 1.59. The first-order chi connectivity index (χ1) is 5.13. The van der Waals surface area contributed by atoms with Crippen LogP contribution in [0.4, 0.5) is 11.6 Å². The van der Waals surface area contributed by atoms with Crippen LogP contribution in [0.25, 0.3) is 0 Å². The molecule has 0 aliphatic heterocycles. The first-order valence-electron chi connectivity index (χ1n) is 2.78. The van der Waals surface area contributed by atoms with Crippen molar-refractivity contribution in [2.45, 2.75) is 0 Å². The van der Waals surface area contributed by atoms with Gasteiger partial charge in [-0.2, -0.15) is 0 Å². The number of rotatable bonds is 1. The van der Waals surface area contributed by atoms with Gasteiger partial charge >= 0.3 is 0 Å². The van der Waals surface area contributed by atoms with Crippen molar-refractivity contribution in [2.24, 2.45) is 5.73 Å². The molecular weight excluding hydrogens is 146 g/mol. The zero-order chi connectivity index (χ0) is 8.43. The minimum atomic E-state index is -0.722. The van der Waals surface area contributed by atoms with Gasteiger partial charge in [0, 0.05) is 0 Å². The van der Waals surface area contributed by atoms with E-state index in [1.807, 2.05) is 0 Å². The Bertz CT molecular complexity index is 277. The molecule has 0 aromatic carbocycles. The van der Waals surface area contributed by atoms with E-state index >= 15 is 0 Å². The predicted molar refractivity (Wildman–Crippen MR) is 39.4 cm³/mol. The maximum absolute atomic E-state index is 10.6. The molecule has 1 rings (SSSR count). The molecular formula is C5H7N5O. The van der Waals surface area contributed by atoms with E-state index in [0.29, 0.717) is 0 Å². The highest BCUT2D eigenvalue weighted by Gasteiger charge is 2.10. The molecule has 1 aromatic rings. The molecule has 1 aromatic heterocycles. The molecule has 0 bridgehead atoms. The second kappa shape index (κ2) is 2.41. The van der Waals surface area contributed by atoms with Crippen molar-refractivity contribution < 1.29 is 4.79 Å². The van der Waals surface area contributed by atoms with Crippen LogP contribution < -0.4 is 17.2 Å². The second-order valence-electron chi connectivity index (χ2n) is 1.88. The molecule has 1 amide bonds. The molecule has 0 aliphatic carbocycles. The third-order valence-corrected chi connectivity index (χ3v) is 1.15. The Morgan fingerprint density at radius 3 is 2.00 bits per heavy atom. The molecule has 0 saturated heterocycles. The van der Waals surface area contributed by atoms with Crippen LogP contribution in [0.1, 0.15) is 10.4 Å². The van der Waals surface area contributed by atoms with Crippen molar-refractivity contribution in [1.82, 2.24) is 9.97 Å². The van der Waals surface area contributed by atoms with Gasteiger partial charge in [0.15, 0.2) is 0 Å². The number of carbonyl (C=O) groups is 1. The van der Waals surface area contributed by atoms with E-state index < -0.39 is 5.91 Å². The molecule has 6 N–H and O–H groups in total. The first kappa shape index (κ1) is 7.26. The summed E-state index contributed by atoms with van der Waals surface area (Å²) < 4.78 is 0. The van der Waals surface area contributed by atoms with Crippen LogP contribution >= 0.6 is 0 Å². The highest BCUT2D eigenvalue weighted by atomic mass is 16.1. The lowest BCUT2D eigenvalue weighted by atomic mass is 10.3. The molecule has 58 valence electrons. The Balaban J connectivity index is 3.32. The van der Waals surface area contributed by atoms with Crippen molar-refractivity contribution in [2.75, 3.05) is 11.5 Å². The number of primary amides is 1. The summed E-state index contributed by atoms with van der Waals surface area (Å²) >= 11 is 0. The fourth-order valence-electron chi connectivity index (χ4n) is 0.666. The third-order valence-electron chi connectivity index (χ3n) is 1.15. The SMILES string of the molecule is NC(=O)c1c(N)ncnc1N. The van der Waals surface area contributed by atoms with Gasteiger partial charge in [0.05, 0.1) is 0 Å². The average Bonchev–Trinajstić information content (AvgIpc) is 1.85. The van der Waals surface area contributed by atoms with Crippen molar-refractivity contribution in [3.63, 3.8) is 0 Å². The number of carbonyl (C=O) groups excluding carboxylic acids is 1. The van der Waals surface area contributed by atoms with Gasteiger partial charge in [-0.15, -0.1) is 0 Å². The summed E-state index contributed by atoms with van der Waals surface area (Å²) in [5, 5.41) is 0. The lowest BCUT2D eigenvalue weighted by Gasteiger charge is -2.00. The number of nitrogens with two attached hydrogens (primary N) is 3. The topological polar surface area (TPSA) is 121 Å².